The Kier molecular flexibility index (Phi) is 7.86. The lowest BCUT2D eigenvalue weighted by molar-refractivity contribution is -0.121. The monoisotopic (exact) mass is 346 g/mol. The van der Waals surface area contributed by atoms with Gasteiger partial charge < -0.3 is 20.1 Å². The first-order valence-corrected chi connectivity index (χ1v) is 9.30. The smallest absolute Gasteiger partial charge is 0.220 e. The second kappa shape index (κ2) is 8.92. The second-order valence-electron chi connectivity index (χ2n) is 7.01. The minimum Gasteiger partial charge on any atom is -0.598 e. The van der Waals surface area contributed by atoms with Gasteiger partial charge in [0.25, 0.3) is 0 Å². The molecule has 3 unspecified atom stereocenters. The highest BCUT2D eigenvalue weighted by Crippen LogP contribution is 2.23. The van der Waals surface area contributed by atoms with E-state index in [2.05, 4.69) is 10.0 Å². The van der Waals surface area contributed by atoms with Crippen molar-refractivity contribution in [3.05, 3.63) is 11.3 Å². The molecule has 0 aliphatic heterocycles. The van der Waals surface area contributed by atoms with Crippen molar-refractivity contribution in [3.63, 3.8) is 0 Å². The number of aliphatic hydroxyl groups excluding tert-OH is 2. The van der Waals surface area contributed by atoms with Crippen LogP contribution in [0.5, 0.6) is 0 Å². The van der Waals surface area contributed by atoms with E-state index in [-0.39, 0.29) is 22.5 Å². The van der Waals surface area contributed by atoms with Crippen molar-refractivity contribution in [1.82, 2.24) is 10.0 Å². The number of rotatable bonds is 7. The van der Waals surface area contributed by atoms with Crippen molar-refractivity contribution in [2.45, 2.75) is 76.7 Å². The minimum atomic E-state index is -1.08. The van der Waals surface area contributed by atoms with Crippen molar-refractivity contribution in [1.29, 1.82) is 0 Å². The van der Waals surface area contributed by atoms with Crippen LogP contribution in [0.1, 0.15) is 59.8 Å². The first kappa shape index (κ1) is 20.3. The Morgan fingerprint density at radius 1 is 1.35 bits per heavy atom. The summed E-state index contributed by atoms with van der Waals surface area (Å²) in [5, 5.41) is 22.2. The van der Waals surface area contributed by atoms with E-state index in [1.165, 1.54) is 0 Å². The first-order valence-electron chi connectivity index (χ1n) is 8.15. The van der Waals surface area contributed by atoms with Gasteiger partial charge in [0, 0.05) is 24.3 Å². The Bertz CT molecular complexity index is 434. The quantitative estimate of drug-likeness (QED) is 0.415. The molecule has 6 nitrogen and oxygen atoms in total. The van der Waals surface area contributed by atoms with Gasteiger partial charge in [-0.15, -0.1) is 4.72 Å². The van der Waals surface area contributed by atoms with Crippen LogP contribution in [0.3, 0.4) is 0 Å². The van der Waals surface area contributed by atoms with Gasteiger partial charge >= 0.3 is 0 Å². The molecule has 1 aliphatic rings. The van der Waals surface area contributed by atoms with Gasteiger partial charge in [-0.2, -0.15) is 0 Å². The fourth-order valence-corrected chi connectivity index (χ4v) is 3.12. The number of hydrogen-bond donors (Lipinski definition) is 4. The molecule has 3 atom stereocenters. The maximum atomic E-state index is 11.9. The van der Waals surface area contributed by atoms with E-state index in [1.807, 2.05) is 20.8 Å². The van der Waals surface area contributed by atoms with Gasteiger partial charge in [0.2, 0.25) is 5.91 Å². The van der Waals surface area contributed by atoms with E-state index in [4.69, 9.17) is 0 Å². The predicted octanol–water partition coefficient (Wildman–Crippen LogP) is 1.68. The summed E-state index contributed by atoms with van der Waals surface area (Å²) in [6.07, 6.45) is 2.17. The zero-order valence-corrected chi connectivity index (χ0v) is 15.3. The largest absolute Gasteiger partial charge is 0.598 e. The van der Waals surface area contributed by atoms with E-state index in [0.29, 0.717) is 37.8 Å². The van der Waals surface area contributed by atoms with Crippen LogP contribution >= 0.6 is 0 Å². The zero-order chi connectivity index (χ0) is 17.6. The van der Waals surface area contributed by atoms with Crippen LogP contribution in [0.15, 0.2) is 11.3 Å². The van der Waals surface area contributed by atoms with E-state index in [0.717, 1.165) is 6.42 Å². The van der Waals surface area contributed by atoms with E-state index >= 15 is 0 Å². The Labute approximate surface area is 142 Å². The van der Waals surface area contributed by atoms with Crippen LogP contribution in [-0.2, 0) is 16.2 Å². The molecule has 0 saturated carbocycles. The summed E-state index contributed by atoms with van der Waals surface area (Å²) >= 11 is -1.08. The normalized spacial score (nSPS) is 23.7. The van der Waals surface area contributed by atoms with Gasteiger partial charge in [-0.1, -0.05) is 0 Å². The van der Waals surface area contributed by atoms with Crippen LogP contribution in [-0.4, -0.2) is 44.1 Å². The summed E-state index contributed by atoms with van der Waals surface area (Å²) in [6, 6.07) is -0.197. The average Bonchev–Trinajstić information content (AvgIpc) is 2.46. The molecule has 134 valence electrons. The summed E-state index contributed by atoms with van der Waals surface area (Å²) in [5.74, 6) is -0.0779. The molecule has 0 aromatic heterocycles. The van der Waals surface area contributed by atoms with Gasteiger partial charge in [-0.25, -0.2) is 0 Å². The van der Waals surface area contributed by atoms with Gasteiger partial charge in [0.05, 0.1) is 6.04 Å². The number of unbranched alkanes of at least 4 members (excludes halogenated alkanes) is 1. The van der Waals surface area contributed by atoms with Crippen LogP contribution in [0, 0.1) is 0 Å². The van der Waals surface area contributed by atoms with Gasteiger partial charge in [0.1, 0.15) is 16.6 Å². The highest BCUT2D eigenvalue weighted by molar-refractivity contribution is 7.90. The summed E-state index contributed by atoms with van der Waals surface area (Å²) in [7, 11) is 0. The number of nitrogens with one attached hydrogen (secondary N) is 2. The van der Waals surface area contributed by atoms with Gasteiger partial charge in [-0.05, 0) is 59.0 Å². The van der Waals surface area contributed by atoms with Crippen molar-refractivity contribution in [3.8, 4) is 0 Å². The average molecular weight is 346 g/mol. The predicted molar refractivity (Wildman–Crippen MR) is 92.2 cm³/mol. The molecule has 0 aromatic carbocycles. The Hall–Kier alpha value is -0.760. The molecule has 0 spiro atoms. The third kappa shape index (κ3) is 6.71. The maximum absolute atomic E-state index is 11.9. The number of aliphatic hydroxyl groups is 2. The molecule has 0 radical (unpaired) electrons. The lowest BCUT2D eigenvalue weighted by Crippen LogP contribution is -2.40. The molecule has 0 fully saturated rings. The molecule has 1 aliphatic carbocycles. The zero-order valence-electron chi connectivity index (χ0n) is 14.5. The van der Waals surface area contributed by atoms with Gasteiger partial charge in [0.15, 0.2) is 0 Å². The van der Waals surface area contributed by atoms with E-state index < -0.39 is 17.5 Å². The number of carbonyl (C=O) groups excluding carboxylic acids is 1. The summed E-state index contributed by atoms with van der Waals surface area (Å²) in [4.78, 5) is 11.9. The summed E-state index contributed by atoms with van der Waals surface area (Å²) in [6.45, 7) is 8.09. The summed E-state index contributed by atoms with van der Waals surface area (Å²) < 4.78 is 14.5. The SMILES string of the molecule is CC1=C(O)C(O)CCC1NC(=O)CCCCN[S+]([O-])C(C)(C)C. The standard InChI is InChI=1S/C16H30N2O4S/c1-11-12(8-9-13(19)15(11)21)18-14(20)7-5-6-10-17-23(22)16(2,3)4/h12-13,17,19,21H,5-10H2,1-4H3,(H,18,20). The van der Waals surface area contributed by atoms with E-state index in [1.54, 1.807) is 6.92 Å². The third-order valence-electron chi connectivity index (χ3n) is 3.93. The molecule has 0 saturated heterocycles. The van der Waals surface area contributed by atoms with Crippen molar-refractivity contribution in [2.24, 2.45) is 0 Å². The van der Waals surface area contributed by atoms with Crippen molar-refractivity contribution >= 4 is 17.3 Å². The number of carbonyl (C=O) groups is 1. The van der Waals surface area contributed by atoms with E-state index in [9.17, 15) is 19.6 Å². The lowest BCUT2D eigenvalue weighted by atomic mass is 9.91. The van der Waals surface area contributed by atoms with Crippen molar-refractivity contribution < 1.29 is 19.6 Å². The lowest BCUT2D eigenvalue weighted by Gasteiger charge is -2.27. The fraction of sp³-hybridized carbons (Fsp3) is 0.812. The molecule has 1 rings (SSSR count). The molecule has 0 bridgehead atoms. The third-order valence-corrected chi connectivity index (χ3v) is 5.50. The number of amides is 1. The molecule has 0 aromatic rings. The molecule has 7 heteroatoms. The Balaban J connectivity index is 2.23. The van der Waals surface area contributed by atoms with Crippen molar-refractivity contribution in [2.75, 3.05) is 6.54 Å². The van der Waals surface area contributed by atoms with Gasteiger partial charge in [-0.3, -0.25) is 4.79 Å². The minimum absolute atomic E-state index is 0.0181. The molecule has 23 heavy (non-hydrogen) atoms. The molecule has 0 heterocycles. The highest BCUT2D eigenvalue weighted by Gasteiger charge is 2.27. The summed E-state index contributed by atoms with van der Waals surface area (Å²) in [5.41, 5.74) is 0.638. The van der Waals surface area contributed by atoms with Crippen LogP contribution < -0.4 is 10.0 Å². The Morgan fingerprint density at radius 2 is 2.00 bits per heavy atom. The fourth-order valence-electron chi connectivity index (χ4n) is 2.36. The van der Waals surface area contributed by atoms with Crippen LogP contribution in [0.4, 0.5) is 0 Å². The van der Waals surface area contributed by atoms with Crippen LogP contribution in [0.25, 0.3) is 0 Å². The highest BCUT2D eigenvalue weighted by atomic mass is 32.2. The second-order valence-corrected chi connectivity index (χ2v) is 9.06. The Morgan fingerprint density at radius 3 is 2.61 bits per heavy atom. The molecule has 4 N–H and O–H groups in total. The molecular formula is C16H30N2O4S. The maximum Gasteiger partial charge on any atom is 0.220 e. The van der Waals surface area contributed by atoms with Crippen LogP contribution in [0.2, 0.25) is 0 Å². The topological polar surface area (TPSA) is 105 Å². The number of hydrogen-bond acceptors (Lipinski definition) is 5. The first-order chi connectivity index (χ1) is 10.6. The molecular weight excluding hydrogens is 316 g/mol. The molecule has 1 amide bonds.